The molecule has 4 heterocycles. The van der Waals surface area contributed by atoms with Crippen molar-refractivity contribution in [2.45, 2.75) is 25.8 Å². The van der Waals surface area contributed by atoms with Gasteiger partial charge in [-0.2, -0.15) is 0 Å². The lowest BCUT2D eigenvalue weighted by atomic mass is 10.1. The number of amides is 1. The number of hydrogen-bond donors (Lipinski definition) is 2. The van der Waals surface area contributed by atoms with Gasteiger partial charge in [0.05, 0.1) is 19.4 Å². The lowest BCUT2D eigenvalue weighted by Gasteiger charge is -2.31. The fourth-order valence-corrected chi connectivity index (χ4v) is 4.05. The molecule has 2 saturated heterocycles. The van der Waals surface area contributed by atoms with Gasteiger partial charge in [0.15, 0.2) is 5.65 Å². The van der Waals surface area contributed by atoms with Crippen molar-refractivity contribution >= 4 is 41.1 Å². The van der Waals surface area contributed by atoms with Crippen molar-refractivity contribution in [1.29, 1.82) is 0 Å². The van der Waals surface area contributed by atoms with Crippen LogP contribution in [0.25, 0.3) is 16.7 Å². The second-order valence-corrected chi connectivity index (χ2v) is 8.10. The second-order valence-electron chi connectivity index (χ2n) is 8.10. The van der Waals surface area contributed by atoms with E-state index in [2.05, 4.69) is 43.5 Å². The van der Waals surface area contributed by atoms with Crippen molar-refractivity contribution in [3.8, 4) is 0 Å². The van der Waals surface area contributed by atoms with Gasteiger partial charge in [-0.25, -0.2) is 20.0 Å². The monoisotopic (exact) mass is 450 g/mol. The molecule has 0 bridgehead atoms. The van der Waals surface area contributed by atoms with Crippen LogP contribution in [0, 0.1) is 0 Å². The van der Waals surface area contributed by atoms with E-state index in [0.29, 0.717) is 37.9 Å². The Balaban J connectivity index is 1.48. The van der Waals surface area contributed by atoms with Crippen LogP contribution in [-0.2, 0) is 9.53 Å². The summed E-state index contributed by atoms with van der Waals surface area (Å²) in [5, 5.41) is 3.47. The first-order chi connectivity index (χ1) is 16.1. The molecule has 0 saturated carbocycles. The largest absolute Gasteiger partial charge is 0.378 e. The minimum absolute atomic E-state index is 0.0139. The Hall–Kier alpha value is -3.53. The molecule has 2 fully saturated rings. The first-order valence-corrected chi connectivity index (χ1v) is 11.2. The molecule has 0 aromatic carbocycles. The van der Waals surface area contributed by atoms with E-state index in [1.807, 2.05) is 18.0 Å². The Bertz CT molecular complexity index is 1080. The number of guanidine groups is 1. The number of morpholine rings is 1. The fourth-order valence-electron chi connectivity index (χ4n) is 4.05. The molecular weight excluding hydrogens is 420 g/mol. The Kier molecular flexibility index (Phi) is 7.13. The fraction of sp³-hybridized carbons (Fsp3) is 0.435. The molecule has 0 radical (unpaired) electrons. The summed E-state index contributed by atoms with van der Waals surface area (Å²) in [6, 6.07) is 0.240. The predicted molar refractivity (Wildman–Crippen MR) is 130 cm³/mol. The number of aliphatic imine (C=N–C) groups is 2. The summed E-state index contributed by atoms with van der Waals surface area (Å²) in [7, 11) is 0. The number of ether oxygens (including phenoxy) is 1. The Labute approximate surface area is 193 Å². The summed E-state index contributed by atoms with van der Waals surface area (Å²) in [6.07, 6.45) is 8.49. The maximum absolute atomic E-state index is 11.8. The number of piperidine rings is 1. The van der Waals surface area contributed by atoms with Crippen molar-refractivity contribution in [3.05, 3.63) is 36.8 Å². The summed E-state index contributed by atoms with van der Waals surface area (Å²) in [5.74, 6) is 1.29. The molecule has 4 rings (SSSR count). The molecule has 1 amide bonds. The van der Waals surface area contributed by atoms with E-state index in [1.54, 1.807) is 12.4 Å². The van der Waals surface area contributed by atoms with Crippen LogP contribution < -0.4 is 5.32 Å². The van der Waals surface area contributed by atoms with Gasteiger partial charge >= 0.3 is 0 Å². The third kappa shape index (κ3) is 5.28. The molecular formula is C23H30N8O2. The average molecular weight is 451 g/mol. The van der Waals surface area contributed by atoms with Gasteiger partial charge in [-0.05, 0) is 38.1 Å². The van der Waals surface area contributed by atoms with E-state index in [0.717, 1.165) is 48.4 Å². The maximum atomic E-state index is 11.8. The highest BCUT2D eigenvalue weighted by atomic mass is 16.5. The summed E-state index contributed by atoms with van der Waals surface area (Å²) >= 11 is 0. The van der Waals surface area contributed by atoms with E-state index in [1.165, 1.54) is 6.08 Å². The standard InChI is InChI=1S/C23H30N8O2/c1-4-20(32)30-7-5-17(6-8-30)28-19-15-26-22-21(29-19)18(14-25-22)16(2)13-27-23(24-3)31-9-11-33-12-10-31/h4,13-15,17H,1,3,5-12H2,2H3,(H,25,26)(H,28,29)/b16-13+,27-23?. The van der Waals surface area contributed by atoms with Crippen LogP contribution in [-0.4, -0.2) is 88.8 Å². The number of aromatic nitrogens is 3. The number of nitrogens with zero attached hydrogens (tertiary/aromatic N) is 6. The van der Waals surface area contributed by atoms with Gasteiger partial charge in [-0.1, -0.05) is 6.58 Å². The summed E-state index contributed by atoms with van der Waals surface area (Å²) in [4.78, 5) is 36.8. The van der Waals surface area contributed by atoms with Crippen LogP contribution in [0.3, 0.4) is 0 Å². The maximum Gasteiger partial charge on any atom is 0.245 e. The number of likely N-dealkylation sites (tertiary alicyclic amines) is 1. The van der Waals surface area contributed by atoms with E-state index >= 15 is 0 Å². The van der Waals surface area contributed by atoms with Gasteiger partial charge in [0.1, 0.15) is 11.3 Å². The SMILES string of the molecule is C=CC(=O)N1CCC(Nc2cnc3[nH]cc(/C(C)=C/N=C(N=C)N4CCOCC4)c3n2)CC1. The molecule has 0 unspecified atom stereocenters. The first kappa shape index (κ1) is 22.7. The number of fused-ring (bicyclic) bond motifs is 1. The third-order valence-corrected chi connectivity index (χ3v) is 5.95. The van der Waals surface area contributed by atoms with E-state index < -0.39 is 0 Å². The van der Waals surface area contributed by atoms with Crippen LogP contribution in [0.4, 0.5) is 5.82 Å². The zero-order valence-corrected chi connectivity index (χ0v) is 19.0. The highest BCUT2D eigenvalue weighted by molar-refractivity contribution is 5.89. The van der Waals surface area contributed by atoms with E-state index in [9.17, 15) is 4.79 Å². The zero-order chi connectivity index (χ0) is 23.2. The van der Waals surface area contributed by atoms with Crippen molar-refractivity contribution in [2.24, 2.45) is 9.98 Å². The van der Waals surface area contributed by atoms with Gasteiger partial charge in [-0.3, -0.25) is 4.79 Å². The quantitative estimate of drug-likeness (QED) is 0.411. The number of rotatable bonds is 5. The number of carbonyl (C=O) groups is 1. The molecule has 2 aliphatic rings. The minimum atomic E-state index is -0.0139. The van der Waals surface area contributed by atoms with Crippen molar-refractivity contribution < 1.29 is 9.53 Å². The molecule has 2 N–H and O–H groups in total. The third-order valence-electron chi connectivity index (χ3n) is 5.95. The van der Waals surface area contributed by atoms with Gasteiger partial charge in [0, 0.05) is 50.2 Å². The Morgan fingerprint density at radius 1 is 1.27 bits per heavy atom. The van der Waals surface area contributed by atoms with E-state index in [-0.39, 0.29) is 11.9 Å². The van der Waals surface area contributed by atoms with Crippen molar-refractivity contribution in [2.75, 3.05) is 44.7 Å². The van der Waals surface area contributed by atoms with Crippen LogP contribution in [0.15, 0.2) is 41.2 Å². The van der Waals surface area contributed by atoms with Gasteiger partial charge in [0.25, 0.3) is 0 Å². The summed E-state index contributed by atoms with van der Waals surface area (Å²) < 4.78 is 5.39. The number of H-pyrrole nitrogens is 1. The van der Waals surface area contributed by atoms with Crippen LogP contribution in [0.2, 0.25) is 0 Å². The van der Waals surface area contributed by atoms with E-state index in [4.69, 9.17) is 9.72 Å². The number of aromatic amines is 1. The number of nitrogens with one attached hydrogen (secondary N) is 2. The molecule has 0 atom stereocenters. The van der Waals surface area contributed by atoms with Gasteiger partial charge < -0.3 is 24.8 Å². The molecule has 2 aliphatic heterocycles. The van der Waals surface area contributed by atoms with Crippen molar-refractivity contribution in [1.82, 2.24) is 24.8 Å². The first-order valence-electron chi connectivity index (χ1n) is 11.2. The zero-order valence-electron chi connectivity index (χ0n) is 19.0. The van der Waals surface area contributed by atoms with Gasteiger partial charge in [-0.15, -0.1) is 0 Å². The number of carbonyl (C=O) groups excluding carboxylic acids is 1. The highest BCUT2D eigenvalue weighted by Gasteiger charge is 2.22. The summed E-state index contributed by atoms with van der Waals surface area (Å²) in [5.41, 5.74) is 3.37. The molecule has 2 aromatic heterocycles. The highest BCUT2D eigenvalue weighted by Crippen LogP contribution is 2.24. The van der Waals surface area contributed by atoms with Crippen LogP contribution in [0.1, 0.15) is 25.3 Å². The van der Waals surface area contributed by atoms with Crippen molar-refractivity contribution in [3.63, 3.8) is 0 Å². The molecule has 10 nitrogen and oxygen atoms in total. The molecule has 174 valence electrons. The van der Waals surface area contributed by atoms with Gasteiger partial charge in [0.2, 0.25) is 11.9 Å². The molecule has 2 aromatic rings. The Morgan fingerprint density at radius 3 is 2.73 bits per heavy atom. The smallest absolute Gasteiger partial charge is 0.245 e. The average Bonchev–Trinajstić information content (AvgIpc) is 3.28. The lowest BCUT2D eigenvalue weighted by Crippen LogP contribution is -2.41. The topological polar surface area (TPSA) is 111 Å². The van der Waals surface area contributed by atoms with Crippen LogP contribution >= 0.6 is 0 Å². The number of anilines is 1. The predicted octanol–water partition coefficient (Wildman–Crippen LogP) is 2.30. The second kappa shape index (κ2) is 10.4. The van der Waals surface area contributed by atoms with Crippen LogP contribution in [0.5, 0.6) is 0 Å². The molecule has 10 heteroatoms. The molecule has 0 spiro atoms. The molecule has 0 aliphatic carbocycles. The minimum Gasteiger partial charge on any atom is -0.378 e. The Morgan fingerprint density at radius 2 is 2.03 bits per heavy atom. The summed E-state index contributed by atoms with van der Waals surface area (Å²) in [6.45, 7) is 13.4. The number of hydrogen-bond acceptors (Lipinski definition) is 6. The molecule has 33 heavy (non-hydrogen) atoms. The number of allylic oxidation sites excluding steroid dienone is 1. The lowest BCUT2D eigenvalue weighted by molar-refractivity contribution is -0.126. The normalized spacial score (nSPS) is 18.5.